The minimum Gasteiger partial charge on any atom is -0.465 e. The number of ether oxygens (including phenoxy) is 1. The lowest BCUT2D eigenvalue weighted by Gasteiger charge is -2.13. The van der Waals surface area contributed by atoms with Crippen molar-refractivity contribution in [3.05, 3.63) is 34.2 Å². The molecule has 1 aliphatic carbocycles. The van der Waals surface area contributed by atoms with E-state index in [9.17, 15) is 14.4 Å². The molecular formula is C19H26N2O4. The highest BCUT2D eigenvalue weighted by Gasteiger charge is 2.24. The monoisotopic (exact) mass is 346 g/mol. The van der Waals surface area contributed by atoms with E-state index in [4.69, 9.17) is 4.74 Å². The van der Waals surface area contributed by atoms with Gasteiger partial charge in [-0.05, 0) is 44.6 Å². The van der Waals surface area contributed by atoms with Gasteiger partial charge in [-0.1, -0.05) is 11.6 Å². The highest BCUT2D eigenvalue weighted by Crippen LogP contribution is 2.21. The second-order valence-corrected chi connectivity index (χ2v) is 6.41. The summed E-state index contributed by atoms with van der Waals surface area (Å²) >= 11 is 0. The first-order chi connectivity index (χ1) is 11.9. The van der Waals surface area contributed by atoms with Crippen LogP contribution in [-0.2, 0) is 16.0 Å². The van der Waals surface area contributed by atoms with E-state index in [0.29, 0.717) is 23.5 Å². The number of aromatic amines is 1. The lowest BCUT2D eigenvalue weighted by molar-refractivity contribution is -0.120. The number of carbonyl (C=O) groups is 3. The van der Waals surface area contributed by atoms with Crippen LogP contribution in [0.3, 0.4) is 0 Å². The van der Waals surface area contributed by atoms with Crippen LogP contribution in [-0.4, -0.2) is 36.3 Å². The number of nitrogens with one attached hydrogen (secondary N) is 2. The number of hydrogen-bond acceptors (Lipinski definition) is 4. The van der Waals surface area contributed by atoms with E-state index in [1.54, 1.807) is 6.92 Å². The van der Waals surface area contributed by atoms with E-state index in [1.165, 1.54) is 32.4 Å². The summed E-state index contributed by atoms with van der Waals surface area (Å²) in [7, 11) is 1.28. The van der Waals surface area contributed by atoms with Crippen molar-refractivity contribution in [2.75, 3.05) is 13.7 Å². The van der Waals surface area contributed by atoms with Gasteiger partial charge in [0, 0.05) is 19.2 Å². The number of esters is 1. The maximum atomic E-state index is 12.2. The summed E-state index contributed by atoms with van der Waals surface area (Å²) in [5, 5.41) is 2.88. The summed E-state index contributed by atoms with van der Waals surface area (Å²) < 4.78 is 4.78. The lowest BCUT2D eigenvalue weighted by atomic mass is 9.97. The molecule has 0 unspecified atom stereocenters. The number of ketones is 1. The van der Waals surface area contributed by atoms with Gasteiger partial charge in [0.25, 0.3) is 0 Å². The number of H-pyrrole nitrogens is 1. The molecule has 0 saturated carbocycles. The number of aromatic nitrogens is 1. The third kappa shape index (κ3) is 4.81. The van der Waals surface area contributed by atoms with Gasteiger partial charge in [0.1, 0.15) is 0 Å². The summed E-state index contributed by atoms with van der Waals surface area (Å²) in [6.45, 7) is 3.68. The quantitative estimate of drug-likeness (QED) is 0.451. The number of hydrogen-bond donors (Lipinski definition) is 2. The molecule has 0 bridgehead atoms. The van der Waals surface area contributed by atoms with Gasteiger partial charge < -0.3 is 15.0 Å². The summed E-state index contributed by atoms with van der Waals surface area (Å²) in [5.74, 6) is -0.909. The molecule has 0 aromatic carbocycles. The lowest BCUT2D eigenvalue weighted by Crippen LogP contribution is -2.27. The third-order valence-corrected chi connectivity index (χ3v) is 4.56. The van der Waals surface area contributed by atoms with Crippen molar-refractivity contribution in [2.24, 2.45) is 0 Å². The van der Waals surface area contributed by atoms with Crippen LogP contribution >= 0.6 is 0 Å². The normalized spacial score (nSPS) is 14.0. The molecule has 0 saturated heterocycles. The van der Waals surface area contributed by atoms with Gasteiger partial charge in [0.05, 0.1) is 24.8 Å². The number of Topliss-reactive ketones (excluding diaryl/α,β-unsaturated/α-hetero) is 1. The van der Waals surface area contributed by atoms with Gasteiger partial charge >= 0.3 is 5.97 Å². The molecule has 0 fully saturated rings. The zero-order chi connectivity index (χ0) is 18.4. The van der Waals surface area contributed by atoms with Gasteiger partial charge in [-0.15, -0.1) is 0 Å². The number of amides is 1. The summed E-state index contributed by atoms with van der Waals surface area (Å²) in [5.41, 5.74) is 2.96. The molecule has 0 aliphatic heterocycles. The van der Waals surface area contributed by atoms with Crippen LogP contribution in [0.25, 0.3) is 0 Å². The van der Waals surface area contributed by atoms with Crippen molar-refractivity contribution in [3.63, 3.8) is 0 Å². The Labute approximate surface area is 148 Å². The van der Waals surface area contributed by atoms with Crippen molar-refractivity contribution in [1.82, 2.24) is 10.3 Å². The van der Waals surface area contributed by atoms with Crippen molar-refractivity contribution in [3.8, 4) is 0 Å². The minimum atomic E-state index is -0.545. The maximum Gasteiger partial charge on any atom is 0.339 e. The molecule has 2 rings (SSSR count). The van der Waals surface area contributed by atoms with Crippen LogP contribution in [0.1, 0.15) is 71.1 Å². The molecule has 1 aromatic heterocycles. The average molecular weight is 346 g/mol. The smallest absolute Gasteiger partial charge is 0.339 e. The first kappa shape index (κ1) is 19.0. The Hall–Kier alpha value is -2.37. The highest BCUT2D eigenvalue weighted by molar-refractivity contribution is 6.01. The van der Waals surface area contributed by atoms with Crippen molar-refractivity contribution >= 4 is 17.7 Å². The SMILES string of the molecule is COC(=O)c1c(CC(=O)NCCC2=CCCCC2)[nH]c(C(C)=O)c1C. The summed E-state index contributed by atoms with van der Waals surface area (Å²) in [6.07, 6.45) is 7.84. The molecule has 25 heavy (non-hydrogen) atoms. The maximum absolute atomic E-state index is 12.2. The molecule has 6 heteroatoms. The second kappa shape index (κ2) is 8.65. The summed E-state index contributed by atoms with van der Waals surface area (Å²) in [6, 6.07) is 0. The molecular weight excluding hydrogens is 320 g/mol. The number of rotatable bonds is 7. The zero-order valence-corrected chi connectivity index (χ0v) is 15.2. The Morgan fingerprint density at radius 2 is 2.04 bits per heavy atom. The predicted molar refractivity (Wildman–Crippen MR) is 94.8 cm³/mol. The fraction of sp³-hybridized carbons (Fsp3) is 0.526. The molecule has 0 spiro atoms. The predicted octanol–water partition coefficient (Wildman–Crippen LogP) is 2.86. The van der Waals surface area contributed by atoms with Crippen LogP contribution in [0.15, 0.2) is 11.6 Å². The fourth-order valence-electron chi connectivity index (χ4n) is 3.24. The topological polar surface area (TPSA) is 88.3 Å². The van der Waals surface area contributed by atoms with Crippen LogP contribution in [0.4, 0.5) is 0 Å². The van der Waals surface area contributed by atoms with Crippen LogP contribution in [0.5, 0.6) is 0 Å². The van der Waals surface area contributed by atoms with E-state index >= 15 is 0 Å². The highest BCUT2D eigenvalue weighted by atomic mass is 16.5. The molecule has 136 valence electrons. The molecule has 6 nitrogen and oxygen atoms in total. The average Bonchev–Trinajstić information content (AvgIpc) is 2.91. The van der Waals surface area contributed by atoms with Crippen LogP contribution < -0.4 is 5.32 Å². The van der Waals surface area contributed by atoms with E-state index in [-0.39, 0.29) is 23.7 Å². The van der Waals surface area contributed by atoms with Crippen LogP contribution in [0.2, 0.25) is 0 Å². The van der Waals surface area contributed by atoms with Crippen molar-refractivity contribution in [2.45, 2.75) is 52.4 Å². The Kier molecular flexibility index (Phi) is 6.56. The minimum absolute atomic E-state index is 0.0115. The molecule has 0 radical (unpaired) electrons. The van der Waals surface area contributed by atoms with Crippen molar-refractivity contribution < 1.29 is 19.1 Å². The Bertz CT molecular complexity index is 701. The number of allylic oxidation sites excluding steroid dienone is 1. The van der Waals surface area contributed by atoms with Gasteiger partial charge in [-0.3, -0.25) is 9.59 Å². The van der Waals surface area contributed by atoms with E-state index in [2.05, 4.69) is 16.4 Å². The van der Waals surface area contributed by atoms with Gasteiger partial charge in [0.15, 0.2) is 5.78 Å². The molecule has 1 amide bonds. The first-order valence-electron chi connectivity index (χ1n) is 8.69. The van der Waals surface area contributed by atoms with E-state index < -0.39 is 5.97 Å². The summed E-state index contributed by atoms with van der Waals surface area (Å²) in [4.78, 5) is 38.8. The number of carbonyl (C=O) groups excluding carboxylic acids is 3. The molecule has 1 aliphatic rings. The first-order valence-corrected chi connectivity index (χ1v) is 8.69. The second-order valence-electron chi connectivity index (χ2n) is 6.41. The Balaban J connectivity index is 2.01. The fourth-order valence-corrected chi connectivity index (χ4v) is 3.24. The van der Waals surface area contributed by atoms with Crippen molar-refractivity contribution in [1.29, 1.82) is 0 Å². The molecule has 0 atom stereocenters. The zero-order valence-electron chi connectivity index (χ0n) is 15.2. The largest absolute Gasteiger partial charge is 0.465 e. The van der Waals surface area contributed by atoms with Crippen LogP contribution in [0, 0.1) is 6.92 Å². The standard InChI is InChI=1S/C19H26N2O4/c1-12-17(19(24)25-3)15(21-18(12)13(2)22)11-16(23)20-10-9-14-7-5-4-6-8-14/h7,21H,4-6,8-11H2,1-3H3,(H,20,23). The van der Waals surface area contributed by atoms with E-state index in [1.807, 2.05) is 0 Å². The van der Waals surface area contributed by atoms with Gasteiger partial charge in [-0.25, -0.2) is 4.79 Å². The molecule has 2 N–H and O–H groups in total. The Morgan fingerprint density at radius 1 is 1.28 bits per heavy atom. The molecule has 1 aromatic rings. The Morgan fingerprint density at radius 3 is 2.64 bits per heavy atom. The third-order valence-electron chi connectivity index (χ3n) is 4.56. The van der Waals surface area contributed by atoms with Gasteiger partial charge in [0.2, 0.25) is 5.91 Å². The molecule has 1 heterocycles. The van der Waals surface area contributed by atoms with Gasteiger partial charge in [-0.2, -0.15) is 0 Å². The number of methoxy groups -OCH3 is 1. The van der Waals surface area contributed by atoms with E-state index in [0.717, 1.165) is 19.3 Å².